The molecule has 15 nitrogen and oxygen atoms in total. The molecule has 0 fully saturated rings. The van der Waals surface area contributed by atoms with Crippen molar-refractivity contribution in [3.63, 3.8) is 0 Å². The average molecular weight is 508 g/mol. The molecule has 0 aromatic heterocycles. The van der Waals surface area contributed by atoms with Crippen LogP contribution < -0.4 is 33.2 Å². The first-order valence-electron chi connectivity index (χ1n) is 10.3. The van der Waals surface area contributed by atoms with E-state index in [4.69, 9.17) is 27.4 Å². The standard InChI is InChI=1S/C18H33N7O8S/c1-8(26)13(17(32)33)25-16(31)11(7-34)24-15(30)10(4-5-12(27)28)23-14(29)9(19)3-2-6-22-18(20)21/h8-11,13,26,34H,2-7,19H2,1H3,(H,23,29)(H,24,30)(H,25,31)(H,27,28)(H,32,33)(H4,20,21,22). The molecule has 0 aliphatic rings. The van der Waals surface area contributed by atoms with Gasteiger partial charge in [-0.25, -0.2) is 4.79 Å². The van der Waals surface area contributed by atoms with E-state index in [1.807, 2.05) is 0 Å². The van der Waals surface area contributed by atoms with Gasteiger partial charge in [0.25, 0.3) is 0 Å². The smallest absolute Gasteiger partial charge is 0.328 e. The number of carboxylic acid groups (broad SMARTS) is 2. The molecule has 0 heterocycles. The summed E-state index contributed by atoms with van der Waals surface area (Å²) in [6, 6.07) is -5.37. The first-order chi connectivity index (χ1) is 15.8. The summed E-state index contributed by atoms with van der Waals surface area (Å²) in [6.45, 7) is 1.39. The fourth-order valence-corrected chi connectivity index (χ4v) is 2.83. The Bertz CT molecular complexity index is 761. The first-order valence-corrected chi connectivity index (χ1v) is 10.9. The van der Waals surface area contributed by atoms with E-state index in [9.17, 15) is 29.1 Å². The molecule has 0 aromatic carbocycles. The van der Waals surface area contributed by atoms with Crippen molar-refractivity contribution < 1.29 is 39.3 Å². The van der Waals surface area contributed by atoms with Crippen LogP contribution in [0.3, 0.4) is 0 Å². The molecule has 12 N–H and O–H groups in total. The summed E-state index contributed by atoms with van der Waals surface area (Å²) < 4.78 is 0. The number of aliphatic carboxylic acids is 2. The summed E-state index contributed by atoms with van der Waals surface area (Å²) in [7, 11) is 0. The normalized spacial score (nSPS) is 15.1. The number of aliphatic imine (C=N–C) groups is 1. The topological polar surface area (TPSA) is 273 Å². The Morgan fingerprint density at radius 3 is 1.97 bits per heavy atom. The SMILES string of the molecule is CC(O)C(NC(=O)C(CS)NC(=O)C(CCC(=O)O)NC(=O)C(N)CCCN=C(N)N)C(=O)O. The molecule has 0 radical (unpaired) electrons. The maximum atomic E-state index is 12.7. The van der Waals surface area contributed by atoms with E-state index < -0.39 is 66.4 Å². The first kappa shape index (κ1) is 30.9. The highest BCUT2D eigenvalue weighted by atomic mass is 32.1. The van der Waals surface area contributed by atoms with Crippen LogP contribution in [0, 0.1) is 0 Å². The molecule has 5 unspecified atom stereocenters. The van der Waals surface area contributed by atoms with Crippen molar-refractivity contribution in [3.05, 3.63) is 0 Å². The molecule has 0 bridgehead atoms. The lowest BCUT2D eigenvalue weighted by Gasteiger charge is -2.24. The molecule has 0 aromatic rings. The predicted molar refractivity (Wildman–Crippen MR) is 124 cm³/mol. The van der Waals surface area contributed by atoms with Crippen LogP contribution in [0.15, 0.2) is 4.99 Å². The van der Waals surface area contributed by atoms with Crippen LogP contribution in [0.5, 0.6) is 0 Å². The number of nitrogens with one attached hydrogen (secondary N) is 3. The zero-order valence-electron chi connectivity index (χ0n) is 18.6. The number of nitrogens with zero attached hydrogens (tertiary/aromatic N) is 1. The minimum atomic E-state index is -1.63. The van der Waals surface area contributed by atoms with Gasteiger partial charge in [0.1, 0.15) is 12.1 Å². The van der Waals surface area contributed by atoms with E-state index in [1.54, 1.807) is 0 Å². The fourth-order valence-electron chi connectivity index (χ4n) is 2.57. The van der Waals surface area contributed by atoms with Gasteiger partial charge in [-0.3, -0.25) is 24.2 Å². The fraction of sp³-hybridized carbons (Fsp3) is 0.667. The minimum Gasteiger partial charge on any atom is -0.481 e. The Labute approximate surface area is 201 Å². The van der Waals surface area contributed by atoms with Gasteiger partial charge in [-0.2, -0.15) is 12.6 Å². The third kappa shape index (κ3) is 12.2. The van der Waals surface area contributed by atoms with Gasteiger partial charge in [0.05, 0.1) is 12.1 Å². The molecule has 3 amide bonds. The number of amides is 3. The molecule has 5 atom stereocenters. The maximum absolute atomic E-state index is 12.7. The second-order valence-corrected chi connectivity index (χ2v) is 7.72. The second kappa shape index (κ2) is 15.7. The lowest BCUT2D eigenvalue weighted by molar-refractivity contribution is -0.145. The number of hydrogen-bond acceptors (Lipinski definition) is 9. The number of hydrogen-bond donors (Lipinski definition) is 10. The minimum absolute atomic E-state index is 0.116. The summed E-state index contributed by atoms with van der Waals surface area (Å²) in [4.78, 5) is 63.3. The summed E-state index contributed by atoms with van der Waals surface area (Å²) >= 11 is 3.96. The van der Waals surface area contributed by atoms with Crippen LogP contribution >= 0.6 is 12.6 Å². The van der Waals surface area contributed by atoms with Crippen LogP contribution in [-0.4, -0.2) is 93.5 Å². The van der Waals surface area contributed by atoms with E-state index in [1.165, 1.54) is 0 Å². The van der Waals surface area contributed by atoms with Gasteiger partial charge in [0.15, 0.2) is 12.0 Å². The van der Waals surface area contributed by atoms with Gasteiger partial charge in [0.2, 0.25) is 17.7 Å². The number of aliphatic hydroxyl groups is 1. The molecule has 0 aliphatic heterocycles. The second-order valence-electron chi connectivity index (χ2n) is 7.36. The van der Waals surface area contributed by atoms with Crippen LogP contribution in [-0.2, 0) is 24.0 Å². The number of carbonyl (C=O) groups excluding carboxylic acids is 3. The quantitative estimate of drug-likeness (QED) is 0.0417. The van der Waals surface area contributed by atoms with Gasteiger partial charge in [-0.05, 0) is 26.2 Å². The summed E-state index contributed by atoms with van der Waals surface area (Å²) in [5.74, 6) is -5.67. The molecule has 0 aliphatic carbocycles. The van der Waals surface area contributed by atoms with Crippen LogP contribution in [0.25, 0.3) is 0 Å². The summed E-state index contributed by atoms with van der Waals surface area (Å²) in [6.07, 6.45) is -1.66. The van der Waals surface area contributed by atoms with E-state index in [0.717, 1.165) is 6.92 Å². The maximum Gasteiger partial charge on any atom is 0.328 e. The van der Waals surface area contributed by atoms with Crippen LogP contribution in [0.1, 0.15) is 32.6 Å². The lowest BCUT2D eigenvalue weighted by atomic mass is 10.1. The highest BCUT2D eigenvalue weighted by molar-refractivity contribution is 7.80. The molecule has 0 spiro atoms. The van der Waals surface area contributed by atoms with Gasteiger partial charge < -0.3 is 48.5 Å². The predicted octanol–water partition coefficient (Wildman–Crippen LogP) is -3.92. The van der Waals surface area contributed by atoms with Crippen molar-refractivity contribution in [3.8, 4) is 0 Å². The molecule has 0 saturated carbocycles. The number of aliphatic hydroxyl groups excluding tert-OH is 1. The van der Waals surface area contributed by atoms with E-state index >= 15 is 0 Å². The Kier molecular flexibility index (Phi) is 14.2. The Hall–Kier alpha value is -3.11. The largest absolute Gasteiger partial charge is 0.481 e. The highest BCUT2D eigenvalue weighted by Gasteiger charge is 2.31. The van der Waals surface area contributed by atoms with Crippen molar-refractivity contribution in [2.75, 3.05) is 12.3 Å². The van der Waals surface area contributed by atoms with E-state index in [0.29, 0.717) is 6.42 Å². The van der Waals surface area contributed by atoms with Gasteiger partial charge in [0, 0.05) is 18.7 Å². The number of carbonyl (C=O) groups is 5. The molecular weight excluding hydrogens is 474 g/mol. The number of nitrogens with two attached hydrogens (primary N) is 3. The third-order valence-corrected chi connectivity index (χ3v) is 4.81. The Balaban J connectivity index is 5.23. The number of thiol groups is 1. The lowest BCUT2D eigenvalue weighted by Crippen LogP contribution is -2.58. The zero-order chi connectivity index (χ0) is 26.4. The molecule has 0 rings (SSSR count). The Morgan fingerprint density at radius 2 is 1.50 bits per heavy atom. The third-order valence-electron chi connectivity index (χ3n) is 4.45. The van der Waals surface area contributed by atoms with Crippen molar-refractivity contribution in [1.29, 1.82) is 0 Å². The highest BCUT2D eigenvalue weighted by Crippen LogP contribution is 2.04. The van der Waals surface area contributed by atoms with E-state index in [2.05, 4.69) is 33.6 Å². The van der Waals surface area contributed by atoms with Crippen molar-refractivity contribution in [2.45, 2.75) is 62.9 Å². The van der Waals surface area contributed by atoms with Crippen molar-refractivity contribution in [2.24, 2.45) is 22.2 Å². The molecule has 34 heavy (non-hydrogen) atoms. The van der Waals surface area contributed by atoms with Crippen LogP contribution in [0.2, 0.25) is 0 Å². The summed E-state index contributed by atoms with van der Waals surface area (Å²) in [5, 5.41) is 34.2. The number of carboxylic acids is 2. The monoisotopic (exact) mass is 507 g/mol. The zero-order valence-corrected chi connectivity index (χ0v) is 19.5. The molecule has 16 heteroatoms. The van der Waals surface area contributed by atoms with E-state index in [-0.39, 0.29) is 31.1 Å². The average Bonchev–Trinajstić information content (AvgIpc) is 2.74. The van der Waals surface area contributed by atoms with Crippen LogP contribution in [0.4, 0.5) is 0 Å². The molecule has 194 valence electrons. The Morgan fingerprint density at radius 1 is 0.941 bits per heavy atom. The van der Waals surface area contributed by atoms with Gasteiger partial charge in [-0.15, -0.1) is 0 Å². The van der Waals surface area contributed by atoms with Gasteiger partial charge >= 0.3 is 11.9 Å². The number of guanidine groups is 1. The molecular formula is C18H33N7O8S. The van der Waals surface area contributed by atoms with Gasteiger partial charge in [-0.1, -0.05) is 0 Å². The number of rotatable bonds is 16. The molecule has 0 saturated heterocycles. The summed E-state index contributed by atoms with van der Waals surface area (Å²) in [5.41, 5.74) is 16.2. The van der Waals surface area contributed by atoms with Crippen molar-refractivity contribution >= 4 is 48.2 Å². The van der Waals surface area contributed by atoms with Crippen molar-refractivity contribution in [1.82, 2.24) is 16.0 Å².